The van der Waals surface area contributed by atoms with Crippen LogP contribution in [0.3, 0.4) is 0 Å². The third kappa shape index (κ3) is 3.89. The fourth-order valence-electron chi connectivity index (χ4n) is 3.35. The molecule has 2 atom stereocenters. The first-order valence-corrected chi connectivity index (χ1v) is 8.20. The van der Waals surface area contributed by atoms with Crippen LogP contribution >= 0.6 is 11.6 Å². The molecule has 0 spiro atoms. The van der Waals surface area contributed by atoms with Crippen LogP contribution in [-0.4, -0.2) is 17.3 Å². The smallest absolute Gasteiger partial charge is 0.0661 e. The van der Waals surface area contributed by atoms with Gasteiger partial charge in [0, 0.05) is 0 Å². The Labute approximate surface area is 127 Å². The van der Waals surface area contributed by atoms with Crippen LogP contribution in [0.15, 0.2) is 24.3 Å². The molecular formula is C17H26ClNO. The molecule has 2 nitrogen and oxygen atoms in total. The summed E-state index contributed by atoms with van der Waals surface area (Å²) >= 11 is 6.24. The lowest BCUT2D eigenvalue weighted by Gasteiger charge is -2.33. The molecule has 2 N–H and O–H groups in total. The SMILES string of the molecule is CCCC1CCCC(CO)(Nc2ccccc2Cl)CC1. The molecule has 1 saturated carbocycles. The number of aliphatic hydroxyl groups is 1. The first-order valence-electron chi connectivity index (χ1n) is 7.83. The van der Waals surface area contributed by atoms with Crippen molar-refractivity contribution in [3.8, 4) is 0 Å². The lowest BCUT2D eigenvalue weighted by molar-refractivity contribution is 0.194. The van der Waals surface area contributed by atoms with Gasteiger partial charge in [-0.15, -0.1) is 0 Å². The van der Waals surface area contributed by atoms with Crippen LogP contribution < -0.4 is 5.32 Å². The summed E-state index contributed by atoms with van der Waals surface area (Å²) in [6, 6.07) is 7.80. The van der Waals surface area contributed by atoms with Gasteiger partial charge in [0.1, 0.15) is 0 Å². The highest BCUT2D eigenvalue weighted by Gasteiger charge is 2.32. The molecule has 1 aromatic carbocycles. The second-order valence-corrected chi connectivity index (χ2v) is 6.54. The molecule has 0 bridgehead atoms. The molecule has 2 unspecified atom stereocenters. The van der Waals surface area contributed by atoms with Crippen molar-refractivity contribution in [2.45, 2.75) is 57.4 Å². The van der Waals surface area contributed by atoms with Crippen LogP contribution in [0.2, 0.25) is 5.02 Å². The number of rotatable bonds is 5. The van der Waals surface area contributed by atoms with E-state index in [0.717, 1.165) is 29.5 Å². The zero-order valence-corrected chi connectivity index (χ0v) is 13.1. The van der Waals surface area contributed by atoms with Crippen molar-refractivity contribution in [2.75, 3.05) is 11.9 Å². The summed E-state index contributed by atoms with van der Waals surface area (Å²) in [5.74, 6) is 0.821. The fraction of sp³-hybridized carbons (Fsp3) is 0.647. The molecule has 1 aliphatic rings. The Hall–Kier alpha value is -0.730. The minimum atomic E-state index is -0.201. The standard InChI is InChI=1S/C17H26ClNO/c1-2-6-14-7-5-11-17(13-20,12-10-14)19-16-9-4-3-8-15(16)18/h3-4,8-9,14,19-20H,2,5-7,10-13H2,1H3. The average molecular weight is 296 g/mol. The van der Waals surface area contributed by atoms with Crippen molar-refractivity contribution in [1.29, 1.82) is 0 Å². The van der Waals surface area contributed by atoms with Gasteiger partial charge in [-0.3, -0.25) is 0 Å². The van der Waals surface area contributed by atoms with Crippen molar-refractivity contribution in [2.24, 2.45) is 5.92 Å². The molecule has 1 aromatic rings. The lowest BCUT2D eigenvalue weighted by atomic mass is 9.89. The number of hydrogen-bond donors (Lipinski definition) is 2. The van der Waals surface area contributed by atoms with Crippen LogP contribution in [0.5, 0.6) is 0 Å². The average Bonchev–Trinajstić information content (AvgIpc) is 2.66. The largest absolute Gasteiger partial charge is 0.394 e. The number of hydrogen-bond acceptors (Lipinski definition) is 2. The van der Waals surface area contributed by atoms with E-state index in [1.807, 2.05) is 24.3 Å². The number of halogens is 1. The van der Waals surface area contributed by atoms with Crippen molar-refractivity contribution in [3.05, 3.63) is 29.3 Å². The summed E-state index contributed by atoms with van der Waals surface area (Å²) < 4.78 is 0. The van der Waals surface area contributed by atoms with Gasteiger partial charge >= 0.3 is 0 Å². The van der Waals surface area contributed by atoms with Gasteiger partial charge in [0.25, 0.3) is 0 Å². The van der Waals surface area contributed by atoms with Crippen LogP contribution in [0, 0.1) is 5.92 Å². The van der Waals surface area contributed by atoms with Crippen molar-refractivity contribution >= 4 is 17.3 Å². The molecule has 1 aliphatic carbocycles. The van der Waals surface area contributed by atoms with Gasteiger partial charge < -0.3 is 10.4 Å². The monoisotopic (exact) mass is 295 g/mol. The van der Waals surface area contributed by atoms with Gasteiger partial charge in [0.2, 0.25) is 0 Å². The van der Waals surface area contributed by atoms with E-state index in [4.69, 9.17) is 11.6 Å². The van der Waals surface area contributed by atoms with Crippen LogP contribution in [0.25, 0.3) is 0 Å². The summed E-state index contributed by atoms with van der Waals surface area (Å²) in [7, 11) is 0. The van der Waals surface area contributed by atoms with E-state index in [9.17, 15) is 5.11 Å². The molecular weight excluding hydrogens is 270 g/mol. The zero-order valence-electron chi connectivity index (χ0n) is 12.4. The summed E-state index contributed by atoms with van der Waals surface area (Å²) in [6.45, 7) is 2.43. The minimum Gasteiger partial charge on any atom is -0.394 e. The highest BCUT2D eigenvalue weighted by molar-refractivity contribution is 6.33. The van der Waals surface area contributed by atoms with E-state index in [-0.39, 0.29) is 12.1 Å². The van der Waals surface area contributed by atoms with E-state index < -0.39 is 0 Å². The lowest BCUT2D eigenvalue weighted by Crippen LogP contribution is -2.41. The predicted octanol–water partition coefficient (Wildman–Crippen LogP) is 4.86. The summed E-state index contributed by atoms with van der Waals surface area (Å²) in [6.07, 6.45) is 8.30. The first-order chi connectivity index (χ1) is 9.69. The molecule has 0 radical (unpaired) electrons. The maximum absolute atomic E-state index is 9.93. The van der Waals surface area contributed by atoms with Crippen molar-refractivity contribution in [1.82, 2.24) is 0 Å². The van der Waals surface area contributed by atoms with Crippen molar-refractivity contribution < 1.29 is 5.11 Å². The third-order valence-electron chi connectivity index (χ3n) is 4.57. The second kappa shape index (κ2) is 7.33. The maximum Gasteiger partial charge on any atom is 0.0661 e. The summed E-state index contributed by atoms with van der Waals surface area (Å²) in [5, 5.41) is 14.2. The van der Waals surface area contributed by atoms with Crippen molar-refractivity contribution in [3.63, 3.8) is 0 Å². The number of anilines is 1. The van der Waals surface area contributed by atoms with Gasteiger partial charge in [-0.25, -0.2) is 0 Å². The molecule has 3 heteroatoms. The van der Waals surface area contributed by atoms with Gasteiger partial charge in [0.05, 0.1) is 22.9 Å². The quantitative estimate of drug-likeness (QED) is 0.760. The molecule has 0 amide bonds. The van der Waals surface area contributed by atoms with Crippen LogP contribution in [0.1, 0.15) is 51.9 Å². The number of aliphatic hydroxyl groups excluding tert-OH is 1. The summed E-state index contributed by atoms with van der Waals surface area (Å²) in [5.41, 5.74) is 0.741. The molecule has 2 rings (SSSR count). The molecule has 0 aliphatic heterocycles. The molecule has 0 saturated heterocycles. The molecule has 0 aromatic heterocycles. The molecule has 112 valence electrons. The summed E-state index contributed by atoms with van der Waals surface area (Å²) in [4.78, 5) is 0. The zero-order chi connectivity index (χ0) is 14.4. The Kier molecular flexibility index (Phi) is 5.74. The number of benzene rings is 1. The van der Waals surface area contributed by atoms with E-state index in [1.165, 1.54) is 32.1 Å². The van der Waals surface area contributed by atoms with Gasteiger partial charge in [-0.1, -0.05) is 56.3 Å². The Bertz CT molecular complexity index is 423. The van der Waals surface area contributed by atoms with E-state index >= 15 is 0 Å². The third-order valence-corrected chi connectivity index (χ3v) is 4.90. The second-order valence-electron chi connectivity index (χ2n) is 6.13. The van der Waals surface area contributed by atoms with E-state index in [2.05, 4.69) is 12.2 Å². The Balaban J connectivity index is 2.08. The molecule has 20 heavy (non-hydrogen) atoms. The minimum absolute atomic E-state index is 0.178. The highest BCUT2D eigenvalue weighted by Crippen LogP contribution is 2.36. The molecule has 1 fully saturated rings. The van der Waals surface area contributed by atoms with E-state index in [1.54, 1.807) is 0 Å². The van der Waals surface area contributed by atoms with Crippen LogP contribution in [0.4, 0.5) is 5.69 Å². The molecule has 0 heterocycles. The fourth-order valence-corrected chi connectivity index (χ4v) is 3.53. The number of para-hydroxylation sites is 1. The van der Waals surface area contributed by atoms with Crippen LogP contribution in [-0.2, 0) is 0 Å². The Morgan fingerprint density at radius 2 is 2.10 bits per heavy atom. The number of nitrogens with one attached hydrogen (secondary N) is 1. The highest BCUT2D eigenvalue weighted by atomic mass is 35.5. The Morgan fingerprint density at radius 1 is 1.30 bits per heavy atom. The normalized spacial score (nSPS) is 27.1. The first kappa shape index (κ1) is 15.7. The Morgan fingerprint density at radius 3 is 2.80 bits per heavy atom. The van der Waals surface area contributed by atoms with Gasteiger partial charge in [-0.2, -0.15) is 0 Å². The van der Waals surface area contributed by atoms with Gasteiger partial charge in [0.15, 0.2) is 0 Å². The van der Waals surface area contributed by atoms with E-state index in [0.29, 0.717) is 0 Å². The topological polar surface area (TPSA) is 32.3 Å². The predicted molar refractivity (Wildman–Crippen MR) is 86.4 cm³/mol. The maximum atomic E-state index is 9.93. The van der Waals surface area contributed by atoms with Gasteiger partial charge in [-0.05, 0) is 37.3 Å².